The second-order valence-corrected chi connectivity index (χ2v) is 38.7. The first-order valence-electron chi connectivity index (χ1n) is 44.4. The van der Waals surface area contributed by atoms with Crippen LogP contribution in [0.25, 0.3) is 112 Å². The summed E-state index contributed by atoms with van der Waals surface area (Å²) >= 11 is 0. The van der Waals surface area contributed by atoms with Crippen molar-refractivity contribution in [2.24, 2.45) is 0 Å². The molecule has 140 heavy (non-hydrogen) atoms. The number of sulfonamides is 2. The minimum absolute atomic E-state index is 0.00803. The molecule has 0 aliphatic carbocycles. The minimum atomic E-state index is -4.06. The van der Waals surface area contributed by atoms with E-state index in [-0.39, 0.29) is 32.3 Å². The van der Waals surface area contributed by atoms with Crippen LogP contribution in [0.1, 0.15) is 55.6 Å². The Balaban J connectivity index is 0.000000129. The molecule has 0 radical (unpaired) electrons. The van der Waals surface area contributed by atoms with Gasteiger partial charge in [-0.2, -0.15) is 0 Å². The van der Waals surface area contributed by atoms with Crippen molar-refractivity contribution in [2.75, 3.05) is 41.7 Å². The molecule has 20 aromatic rings. The number of benzene rings is 8. The third-order valence-corrected chi connectivity index (χ3v) is 26.2. The fourth-order valence-corrected chi connectivity index (χ4v) is 18.9. The molecule has 0 saturated heterocycles. The monoisotopic (exact) mass is 1920 g/mol. The number of carbonyl (C=O) groups is 1. The van der Waals surface area contributed by atoms with Crippen LogP contribution in [0.4, 0.5) is 23.3 Å². The van der Waals surface area contributed by atoms with Gasteiger partial charge in [0.15, 0.2) is 56.4 Å². The predicted molar refractivity (Wildman–Crippen MR) is 544 cm³/mol. The summed E-state index contributed by atoms with van der Waals surface area (Å²) < 4.78 is 98.2. The molecule has 0 unspecified atom stereocenters. The highest BCUT2D eigenvalue weighted by Gasteiger charge is 2.30. The van der Waals surface area contributed by atoms with Gasteiger partial charge in [-0.15, -0.1) is 20.4 Å². The zero-order chi connectivity index (χ0) is 97.5. The van der Waals surface area contributed by atoms with Gasteiger partial charge in [0, 0.05) is 151 Å². The molecule has 0 aliphatic heterocycles. The number of ether oxygens (including phenoxy) is 2. The molecule has 34 heteroatoms. The van der Waals surface area contributed by atoms with Gasteiger partial charge in [-0.1, -0.05) is 243 Å². The van der Waals surface area contributed by atoms with Crippen molar-refractivity contribution >= 4 is 81.1 Å². The molecule has 20 rings (SSSR count). The highest BCUT2D eigenvalue weighted by atomic mass is 32.2. The third-order valence-electron chi connectivity index (χ3n) is 22.0. The maximum absolute atomic E-state index is 13.2. The van der Waals surface area contributed by atoms with Crippen LogP contribution in [0.15, 0.2) is 368 Å². The number of aryl methyl sites for hydroxylation is 1. The van der Waals surface area contributed by atoms with Crippen LogP contribution in [-0.4, -0.2) is 136 Å². The molecule has 0 aliphatic rings. The number of anilines is 4. The van der Waals surface area contributed by atoms with Crippen LogP contribution in [0, 0.1) is 6.92 Å². The average Bonchev–Trinajstić information content (AvgIpc) is 1.59. The number of methoxy groups -OCH3 is 2. The van der Waals surface area contributed by atoms with Gasteiger partial charge in [0.2, 0.25) is 27.7 Å². The van der Waals surface area contributed by atoms with Crippen molar-refractivity contribution < 1.29 is 39.5 Å². The minimum Gasteiger partial charge on any atom is -0.480 e. The Kier molecular flexibility index (Phi) is 28.4. The molecule has 0 spiro atoms. The van der Waals surface area contributed by atoms with Crippen molar-refractivity contribution in [2.45, 2.75) is 81.0 Å². The van der Waals surface area contributed by atoms with Crippen LogP contribution >= 0.6 is 0 Å². The summed E-state index contributed by atoms with van der Waals surface area (Å²) in [7, 11) is -8.80. The number of hydrogen-bond acceptors (Lipinski definition) is 25. The Morgan fingerprint density at radius 2 is 0.657 bits per heavy atom. The second kappa shape index (κ2) is 42.0. The van der Waals surface area contributed by atoms with Gasteiger partial charge in [-0.25, -0.2) is 82.7 Å². The maximum atomic E-state index is 13.2. The summed E-state index contributed by atoms with van der Waals surface area (Å²) in [5, 5.41) is 32.7. The van der Waals surface area contributed by atoms with E-state index in [9.17, 15) is 30.0 Å². The molecule has 0 saturated carbocycles. The molecular weight excluding hydrogens is 1820 g/mol. The number of aromatic nitrogens is 16. The van der Waals surface area contributed by atoms with E-state index in [1.165, 1.54) is 62.8 Å². The smallest absolute Gasteiger partial charge is 0.265 e. The Hall–Kier alpha value is -17.1. The standard InChI is InChI=1S/C29H30N6O3S.C26H22N6O3S.C26H23N5O3S.C25H21N5/c1-29(2,3)34-39(36,37)24-17-22(19-31-28(24)38-4)26-32-27(30-18-20-11-7-5-8-12-20)25-23(15-16-35(25)33-26)21-13-9-6-10-14-21;1-18(33)31-36(34,35)22-14-21(16-27-17-22)25-29-26(28-15-19-8-4-2-5-9-19)24-23(12-13-32(24)30-25)20-10-6-3-7-11-20;1-34-26-22(35(2,32)33)15-20(17-28-26)24-29-25(27-16-18-9-5-3-6-10-18)23-21(13-14-31(23)30-24)19-11-7-4-8-12-19;1-18-16-21(12-14-26-18)24-28-25(27-17-19-8-4-2-5-9-19)23-22(13-15-30(23)29-24)20-10-6-3-7-11-20/h5-17,19,34H,18H2,1-4H3,(H,30,32,33);2-14,16-17H,15H2,1H3,(H,31,33)(H,28,29,30);3-15,17H,16H2,1-2H3,(H,27,29,30);2-16H,17H2,1H3,(H,27,28,29). The number of carbonyl (C=O) groups excluding carboxylic acids is 1. The summed E-state index contributed by atoms with van der Waals surface area (Å²) in [4.78, 5) is 47.2. The van der Waals surface area contributed by atoms with Gasteiger partial charge >= 0.3 is 0 Å². The molecule has 8 aromatic carbocycles. The molecule has 31 nitrogen and oxygen atoms in total. The van der Waals surface area contributed by atoms with Crippen LogP contribution < -0.4 is 40.2 Å². The maximum Gasteiger partial charge on any atom is 0.265 e. The first kappa shape index (κ1) is 94.7. The Morgan fingerprint density at radius 3 is 0.964 bits per heavy atom. The average molecular weight is 1920 g/mol. The summed E-state index contributed by atoms with van der Waals surface area (Å²) in [6.45, 7) is 10.7. The molecule has 0 fully saturated rings. The van der Waals surface area contributed by atoms with Crippen LogP contribution in [0.5, 0.6) is 11.8 Å². The number of amides is 1. The molecule has 12 aromatic heterocycles. The molecule has 0 bridgehead atoms. The number of fused-ring (bicyclic) bond motifs is 4. The largest absolute Gasteiger partial charge is 0.480 e. The van der Waals surface area contributed by atoms with Gasteiger partial charge in [0.05, 0.1) is 14.2 Å². The van der Waals surface area contributed by atoms with Gasteiger partial charge in [0.1, 0.15) is 36.8 Å². The van der Waals surface area contributed by atoms with Crippen LogP contribution in [0.3, 0.4) is 0 Å². The second-order valence-electron chi connectivity index (χ2n) is 33.4. The number of sulfone groups is 1. The van der Waals surface area contributed by atoms with E-state index in [0.29, 0.717) is 77.8 Å². The van der Waals surface area contributed by atoms with E-state index >= 15 is 0 Å². The Bertz CT molecular complexity index is 8180. The fourth-order valence-electron chi connectivity index (χ4n) is 15.6. The lowest BCUT2D eigenvalue weighted by molar-refractivity contribution is -0.117. The molecule has 1 amide bonds. The summed E-state index contributed by atoms with van der Waals surface area (Å²) in [5.74, 6) is 3.56. The lowest BCUT2D eigenvalue weighted by Gasteiger charge is -2.21. The van der Waals surface area contributed by atoms with Crippen LogP contribution in [-0.2, 0) is 60.9 Å². The molecule has 0 atom stereocenters. The highest BCUT2D eigenvalue weighted by Crippen LogP contribution is 2.39. The van der Waals surface area contributed by atoms with Crippen molar-refractivity contribution in [1.29, 1.82) is 0 Å². The quantitative estimate of drug-likeness (QED) is 0.0278. The molecule has 702 valence electrons. The molecular formula is C106H96N22O9S3. The summed E-state index contributed by atoms with van der Waals surface area (Å²) in [5.41, 5.74) is 18.6. The lowest BCUT2D eigenvalue weighted by Crippen LogP contribution is -2.40. The number of rotatable bonds is 27. The van der Waals surface area contributed by atoms with Crippen molar-refractivity contribution in [3.8, 4) is 102 Å². The summed E-state index contributed by atoms with van der Waals surface area (Å²) in [6, 6.07) is 97.0. The number of nitrogens with zero attached hydrogens (tertiary/aromatic N) is 16. The third kappa shape index (κ3) is 22.5. The predicted octanol–water partition coefficient (Wildman–Crippen LogP) is 18.9. The number of hydrogen-bond donors (Lipinski definition) is 6. The van der Waals surface area contributed by atoms with Crippen molar-refractivity contribution in [3.63, 3.8) is 0 Å². The Labute approximate surface area is 808 Å². The first-order chi connectivity index (χ1) is 67.8. The number of nitrogens with one attached hydrogen (secondary N) is 6. The van der Waals surface area contributed by atoms with Crippen LogP contribution in [0.2, 0.25) is 0 Å². The highest BCUT2D eigenvalue weighted by molar-refractivity contribution is 7.91. The van der Waals surface area contributed by atoms with E-state index in [4.69, 9.17) is 39.6 Å². The topological polar surface area (TPSA) is 382 Å². The number of pyridine rings is 4. The molecule has 12 heterocycles. The van der Waals surface area contributed by atoms with E-state index < -0.39 is 41.3 Å². The van der Waals surface area contributed by atoms with Gasteiger partial charge in [0.25, 0.3) is 10.0 Å². The van der Waals surface area contributed by atoms with Crippen molar-refractivity contribution in [3.05, 3.63) is 381 Å². The zero-order valence-corrected chi connectivity index (χ0v) is 79.8. The summed E-state index contributed by atoms with van der Waals surface area (Å²) in [6.07, 6.45) is 16.1. The van der Waals surface area contributed by atoms with E-state index in [0.717, 1.165) is 114 Å². The van der Waals surface area contributed by atoms with Crippen molar-refractivity contribution in [1.82, 2.24) is 87.8 Å². The van der Waals surface area contributed by atoms with Gasteiger partial charge < -0.3 is 30.7 Å². The van der Waals surface area contributed by atoms with E-state index in [1.807, 2.05) is 290 Å². The fraction of sp³-hybridized carbons (Fsp3) is 0.123. The zero-order valence-electron chi connectivity index (χ0n) is 77.4. The van der Waals surface area contributed by atoms with E-state index in [1.54, 1.807) is 40.5 Å². The molecule has 6 N–H and O–H groups in total. The van der Waals surface area contributed by atoms with Gasteiger partial charge in [-0.05, 0) is 127 Å². The normalized spacial score (nSPS) is 11.5. The van der Waals surface area contributed by atoms with E-state index in [2.05, 4.69) is 86.5 Å². The lowest BCUT2D eigenvalue weighted by atomic mass is 10.1. The van der Waals surface area contributed by atoms with Gasteiger partial charge in [-0.3, -0.25) is 14.8 Å². The SMILES string of the molecule is CC(=O)NS(=O)(=O)c1cncc(-c2nc(NCc3ccccc3)c3c(-c4ccccc4)ccn3n2)c1.COc1ncc(-c2nc(NCc3ccccc3)c3c(-c4ccccc4)ccn3n2)cc1S(=O)(=O)NC(C)(C)C.COc1ncc(-c2nc(NCc3ccccc3)c3c(-c4ccccc4)ccn3n2)cc1S(C)(=O)=O.Cc1cc(-c2nc(NCc3ccccc3)c3c(-c4ccccc4)ccn3n2)ccn1. The Morgan fingerprint density at radius 1 is 0.350 bits per heavy atom. The first-order valence-corrected chi connectivity index (χ1v) is 49.3.